The molecule has 0 unspecified atom stereocenters. The van der Waals surface area contributed by atoms with Crippen molar-refractivity contribution in [3.8, 4) is 17.2 Å². The van der Waals surface area contributed by atoms with Gasteiger partial charge in [0.15, 0.2) is 11.5 Å². The Labute approximate surface area is 133 Å². The Hall–Kier alpha value is -1.75. The number of hydrogen-bond acceptors (Lipinski definition) is 4. The van der Waals surface area contributed by atoms with Crippen LogP contribution in [0.3, 0.4) is 0 Å². The summed E-state index contributed by atoms with van der Waals surface area (Å²) < 4.78 is 16.7. The van der Waals surface area contributed by atoms with E-state index in [9.17, 15) is 0 Å². The zero-order valence-electron chi connectivity index (χ0n) is 12.4. The molecule has 4 nitrogen and oxygen atoms in total. The Morgan fingerprint density at radius 1 is 1.10 bits per heavy atom. The van der Waals surface area contributed by atoms with Crippen LogP contribution < -0.4 is 14.2 Å². The van der Waals surface area contributed by atoms with Gasteiger partial charge in [0.1, 0.15) is 6.61 Å². The molecular formula is C16H18BrNO3. The summed E-state index contributed by atoms with van der Waals surface area (Å²) in [5.41, 5.74) is 2.89. The van der Waals surface area contributed by atoms with Crippen LogP contribution in [0.4, 0.5) is 0 Å². The monoisotopic (exact) mass is 351 g/mol. The fraction of sp³-hybridized carbons (Fsp3) is 0.312. The van der Waals surface area contributed by atoms with Crippen molar-refractivity contribution < 1.29 is 14.2 Å². The third-order valence-electron chi connectivity index (χ3n) is 2.99. The van der Waals surface area contributed by atoms with Gasteiger partial charge in [0.25, 0.3) is 0 Å². The van der Waals surface area contributed by atoms with Gasteiger partial charge >= 0.3 is 0 Å². The van der Waals surface area contributed by atoms with Gasteiger partial charge in [-0.25, -0.2) is 0 Å². The number of hydrogen-bond donors (Lipinski definition) is 0. The van der Waals surface area contributed by atoms with Crippen molar-refractivity contribution in [2.24, 2.45) is 0 Å². The van der Waals surface area contributed by atoms with Gasteiger partial charge in [-0.1, -0.05) is 22.0 Å². The minimum absolute atomic E-state index is 0.363. The minimum Gasteiger partial charge on any atom is -0.493 e. The molecule has 0 saturated carbocycles. The number of pyridine rings is 1. The number of aromatic nitrogens is 1. The zero-order chi connectivity index (χ0) is 15.2. The second-order valence-electron chi connectivity index (χ2n) is 4.52. The molecule has 0 spiro atoms. The first-order valence-electron chi connectivity index (χ1n) is 6.54. The van der Waals surface area contributed by atoms with Crippen molar-refractivity contribution in [3.05, 3.63) is 47.3 Å². The highest BCUT2D eigenvalue weighted by atomic mass is 79.9. The van der Waals surface area contributed by atoms with Gasteiger partial charge in [0.2, 0.25) is 5.75 Å². The topological polar surface area (TPSA) is 40.6 Å². The van der Waals surface area contributed by atoms with Crippen LogP contribution in [0, 0.1) is 6.92 Å². The van der Waals surface area contributed by atoms with E-state index in [-0.39, 0.29) is 0 Å². The predicted octanol–water partition coefficient (Wildman–Crippen LogP) is 3.88. The van der Waals surface area contributed by atoms with E-state index >= 15 is 0 Å². The Balaban J connectivity index is 2.26. The molecule has 1 aromatic heterocycles. The Kier molecular flexibility index (Phi) is 5.44. The van der Waals surface area contributed by atoms with Gasteiger partial charge < -0.3 is 14.2 Å². The summed E-state index contributed by atoms with van der Waals surface area (Å²) in [5, 5.41) is 0.722. The molecule has 2 rings (SSSR count). The van der Waals surface area contributed by atoms with Gasteiger partial charge in [-0.05, 0) is 36.8 Å². The number of nitrogens with zero attached hydrogens (tertiary/aromatic N) is 1. The lowest BCUT2D eigenvalue weighted by molar-refractivity contribution is 0.262. The number of halogens is 1. The largest absolute Gasteiger partial charge is 0.493 e. The molecule has 5 heteroatoms. The number of benzene rings is 1. The van der Waals surface area contributed by atoms with Crippen LogP contribution in [-0.4, -0.2) is 19.2 Å². The van der Waals surface area contributed by atoms with E-state index in [0.29, 0.717) is 23.9 Å². The lowest BCUT2D eigenvalue weighted by Gasteiger charge is -2.15. The number of alkyl halides is 1. The van der Waals surface area contributed by atoms with Crippen molar-refractivity contribution in [2.75, 3.05) is 14.2 Å². The highest BCUT2D eigenvalue weighted by molar-refractivity contribution is 9.08. The molecule has 0 aliphatic carbocycles. The van der Waals surface area contributed by atoms with Gasteiger partial charge in [-0.3, -0.25) is 4.98 Å². The maximum absolute atomic E-state index is 5.86. The molecule has 0 atom stereocenters. The number of aryl methyl sites for hydroxylation is 1. The normalized spacial score (nSPS) is 10.3. The summed E-state index contributed by atoms with van der Waals surface area (Å²) in [5.74, 6) is 1.89. The Morgan fingerprint density at radius 3 is 2.29 bits per heavy atom. The lowest BCUT2D eigenvalue weighted by Crippen LogP contribution is -2.03. The molecule has 0 amide bonds. The van der Waals surface area contributed by atoms with E-state index < -0.39 is 0 Å². The maximum atomic E-state index is 5.86. The quantitative estimate of drug-likeness (QED) is 0.740. The van der Waals surface area contributed by atoms with Crippen molar-refractivity contribution in [1.29, 1.82) is 0 Å². The van der Waals surface area contributed by atoms with Gasteiger partial charge in [-0.2, -0.15) is 0 Å². The molecule has 0 saturated heterocycles. The van der Waals surface area contributed by atoms with Gasteiger partial charge in [0, 0.05) is 11.0 Å². The summed E-state index contributed by atoms with van der Waals surface area (Å²) in [4.78, 5) is 4.42. The molecule has 0 aliphatic rings. The van der Waals surface area contributed by atoms with E-state index in [0.717, 1.165) is 22.3 Å². The first-order chi connectivity index (χ1) is 10.2. The highest BCUT2D eigenvalue weighted by Crippen LogP contribution is 2.39. The third-order valence-corrected chi connectivity index (χ3v) is 3.63. The molecule has 112 valence electrons. The second kappa shape index (κ2) is 7.31. The first kappa shape index (κ1) is 15.6. The van der Waals surface area contributed by atoms with Crippen LogP contribution in [0.5, 0.6) is 17.2 Å². The second-order valence-corrected chi connectivity index (χ2v) is 5.08. The molecular weight excluding hydrogens is 334 g/mol. The zero-order valence-corrected chi connectivity index (χ0v) is 13.9. The SMILES string of the molecule is COc1cc(CBr)cc(OC)c1OCc1cccc(C)n1. The molecule has 0 radical (unpaired) electrons. The van der Waals surface area contributed by atoms with Crippen LogP contribution in [0.25, 0.3) is 0 Å². The molecule has 1 aromatic carbocycles. The lowest BCUT2D eigenvalue weighted by atomic mass is 10.2. The smallest absolute Gasteiger partial charge is 0.203 e. The van der Waals surface area contributed by atoms with Crippen molar-refractivity contribution in [3.63, 3.8) is 0 Å². The molecule has 0 bridgehead atoms. The summed E-state index contributed by atoms with van der Waals surface area (Å²) >= 11 is 3.43. The van der Waals surface area contributed by atoms with Crippen molar-refractivity contribution >= 4 is 15.9 Å². The summed E-state index contributed by atoms with van der Waals surface area (Å²) in [6.07, 6.45) is 0. The molecule has 0 aliphatic heterocycles. The highest BCUT2D eigenvalue weighted by Gasteiger charge is 2.14. The van der Waals surface area contributed by atoms with E-state index in [1.807, 2.05) is 37.3 Å². The first-order valence-corrected chi connectivity index (χ1v) is 7.66. The summed E-state index contributed by atoms with van der Waals surface area (Å²) in [6.45, 7) is 2.32. The average Bonchev–Trinajstić information content (AvgIpc) is 2.52. The van der Waals surface area contributed by atoms with Crippen molar-refractivity contribution in [1.82, 2.24) is 4.98 Å². The molecule has 0 fully saturated rings. The van der Waals surface area contributed by atoms with Crippen LogP contribution in [-0.2, 0) is 11.9 Å². The average molecular weight is 352 g/mol. The summed E-state index contributed by atoms with van der Waals surface area (Å²) in [6, 6.07) is 9.70. The Morgan fingerprint density at radius 2 is 1.76 bits per heavy atom. The van der Waals surface area contributed by atoms with E-state index in [2.05, 4.69) is 20.9 Å². The van der Waals surface area contributed by atoms with Crippen molar-refractivity contribution in [2.45, 2.75) is 18.9 Å². The van der Waals surface area contributed by atoms with Gasteiger partial charge in [-0.15, -0.1) is 0 Å². The van der Waals surface area contributed by atoms with E-state index in [4.69, 9.17) is 14.2 Å². The third kappa shape index (κ3) is 3.88. The van der Waals surface area contributed by atoms with Crippen LogP contribution >= 0.6 is 15.9 Å². The van der Waals surface area contributed by atoms with Crippen LogP contribution in [0.1, 0.15) is 17.0 Å². The number of methoxy groups -OCH3 is 2. The Bertz CT molecular complexity index is 591. The molecule has 2 aromatic rings. The fourth-order valence-electron chi connectivity index (χ4n) is 1.98. The molecule has 1 heterocycles. The fourth-order valence-corrected chi connectivity index (χ4v) is 2.30. The molecule has 0 N–H and O–H groups in total. The number of ether oxygens (including phenoxy) is 3. The molecule has 21 heavy (non-hydrogen) atoms. The van der Waals surface area contributed by atoms with Crippen LogP contribution in [0.2, 0.25) is 0 Å². The number of rotatable bonds is 6. The minimum atomic E-state index is 0.363. The summed E-state index contributed by atoms with van der Waals surface area (Å²) in [7, 11) is 3.23. The maximum Gasteiger partial charge on any atom is 0.203 e. The predicted molar refractivity (Wildman–Crippen MR) is 85.5 cm³/mol. The van der Waals surface area contributed by atoms with E-state index in [1.54, 1.807) is 14.2 Å². The van der Waals surface area contributed by atoms with E-state index in [1.165, 1.54) is 0 Å². The van der Waals surface area contributed by atoms with Crippen LogP contribution in [0.15, 0.2) is 30.3 Å². The van der Waals surface area contributed by atoms with Gasteiger partial charge in [0.05, 0.1) is 19.9 Å². The standard InChI is InChI=1S/C16H18BrNO3/c1-11-5-4-6-13(18-11)10-21-16-14(19-2)7-12(9-17)8-15(16)20-3/h4-8H,9-10H2,1-3H3.